The topological polar surface area (TPSA) is 43.1 Å². The van der Waals surface area contributed by atoms with Crippen LogP contribution >= 0.6 is 0 Å². The summed E-state index contributed by atoms with van der Waals surface area (Å²) >= 11 is 0. The van der Waals surface area contributed by atoms with Crippen LogP contribution in [0.3, 0.4) is 0 Å². The second-order valence-electron chi connectivity index (χ2n) is 8.51. The summed E-state index contributed by atoms with van der Waals surface area (Å²) < 4.78 is 0.988. The van der Waals surface area contributed by atoms with Crippen molar-refractivity contribution < 1.29 is 26.3 Å². The van der Waals surface area contributed by atoms with Gasteiger partial charge in [-0.1, -0.05) is 60.7 Å². The van der Waals surface area contributed by atoms with Gasteiger partial charge in [0.1, 0.15) is 5.41 Å². The number of rotatable bonds is 6. The largest absolute Gasteiger partial charge is 1.00 e. The van der Waals surface area contributed by atoms with Crippen LogP contribution < -0.4 is 22.7 Å². The van der Waals surface area contributed by atoms with Gasteiger partial charge in [-0.15, -0.1) is 0 Å². The molecule has 1 aliphatic rings. The zero-order valence-corrected chi connectivity index (χ0v) is 18.2. The minimum atomic E-state index is -0.789. The zero-order valence-electron chi connectivity index (χ0n) is 16.6. The summed E-state index contributed by atoms with van der Waals surface area (Å²) in [5, 5.41) is 0. The van der Waals surface area contributed by atoms with E-state index in [9.17, 15) is 4.79 Å². The molecule has 1 heterocycles. The molecule has 146 valence electrons. The van der Waals surface area contributed by atoms with E-state index < -0.39 is 5.41 Å². The van der Waals surface area contributed by atoms with E-state index in [0.29, 0.717) is 0 Å². The lowest BCUT2D eigenvalue weighted by atomic mass is 9.71. The van der Waals surface area contributed by atoms with Crippen LogP contribution in [0.15, 0.2) is 60.7 Å². The van der Waals surface area contributed by atoms with E-state index in [-0.39, 0.29) is 28.4 Å². The molecule has 27 heavy (non-hydrogen) atoms. The van der Waals surface area contributed by atoms with Gasteiger partial charge >= 0.3 is 0 Å². The molecule has 0 aliphatic carbocycles. The third-order valence-electron chi connectivity index (χ3n) is 6.84. The van der Waals surface area contributed by atoms with Gasteiger partial charge in [0.25, 0.3) is 0 Å². The predicted molar refractivity (Wildman–Crippen MR) is 107 cm³/mol. The summed E-state index contributed by atoms with van der Waals surface area (Å²) in [6.07, 6.45) is 3.18. The van der Waals surface area contributed by atoms with Gasteiger partial charge in [-0.2, -0.15) is 0 Å². The first kappa shape index (κ1) is 21.6. The molecule has 2 aromatic rings. The average Bonchev–Trinajstić information content (AvgIpc) is 2.90. The van der Waals surface area contributed by atoms with Crippen LogP contribution in [0.2, 0.25) is 0 Å². The molecule has 4 heteroatoms. The molecule has 3 rings (SSSR count). The van der Waals surface area contributed by atoms with Gasteiger partial charge in [0.2, 0.25) is 5.91 Å². The van der Waals surface area contributed by atoms with Gasteiger partial charge in [-0.25, -0.2) is 0 Å². The first-order valence-electron chi connectivity index (χ1n) is 9.57. The highest BCUT2D eigenvalue weighted by Crippen LogP contribution is 2.40. The lowest BCUT2D eigenvalue weighted by Crippen LogP contribution is -3.00. The Balaban J connectivity index is 0.00000261. The molecule has 3 nitrogen and oxygen atoms in total. The Hall–Kier alpha value is -1.65. The number of amides is 1. The van der Waals surface area contributed by atoms with E-state index in [1.165, 1.54) is 12.8 Å². The molecule has 0 radical (unpaired) electrons. The SMILES string of the molecule is CC1(C)CCC[N+]1(C)CCC(C(N)=O)(c1ccccc1)c1ccccc1.[Br-]. The number of hydrogen-bond acceptors (Lipinski definition) is 1. The minimum Gasteiger partial charge on any atom is -1.00 e. The van der Waals surface area contributed by atoms with E-state index in [1.807, 2.05) is 60.7 Å². The summed E-state index contributed by atoms with van der Waals surface area (Å²) in [6.45, 7) is 6.78. The fourth-order valence-electron chi connectivity index (χ4n) is 4.57. The van der Waals surface area contributed by atoms with Crippen LogP contribution in [-0.4, -0.2) is 36.1 Å². The molecule has 2 aromatic carbocycles. The first-order chi connectivity index (χ1) is 12.3. The summed E-state index contributed by atoms with van der Waals surface area (Å²) in [5.74, 6) is -0.265. The highest BCUT2D eigenvalue weighted by atomic mass is 79.9. The average molecular weight is 431 g/mol. The molecular weight excluding hydrogens is 400 g/mol. The maximum Gasteiger partial charge on any atom is 0.232 e. The number of carbonyl (C=O) groups excluding carboxylic acids is 1. The number of primary amides is 1. The van der Waals surface area contributed by atoms with E-state index >= 15 is 0 Å². The van der Waals surface area contributed by atoms with Crippen molar-refractivity contribution >= 4 is 5.91 Å². The number of carbonyl (C=O) groups is 1. The van der Waals surface area contributed by atoms with Crippen LogP contribution in [0.25, 0.3) is 0 Å². The van der Waals surface area contributed by atoms with Gasteiger partial charge in [-0.3, -0.25) is 4.79 Å². The summed E-state index contributed by atoms with van der Waals surface area (Å²) in [5.41, 5.74) is 7.51. The van der Waals surface area contributed by atoms with Crippen molar-refractivity contribution in [2.24, 2.45) is 5.73 Å². The van der Waals surface area contributed by atoms with Crippen molar-refractivity contribution in [3.05, 3.63) is 71.8 Å². The Morgan fingerprint density at radius 1 is 1.04 bits per heavy atom. The summed E-state index contributed by atoms with van der Waals surface area (Å²) in [7, 11) is 2.33. The molecule has 1 aliphatic heterocycles. The Morgan fingerprint density at radius 2 is 1.52 bits per heavy atom. The number of benzene rings is 2. The van der Waals surface area contributed by atoms with E-state index in [1.54, 1.807) is 0 Å². The Labute approximate surface area is 173 Å². The molecule has 0 bridgehead atoms. The van der Waals surface area contributed by atoms with E-state index in [2.05, 4.69) is 20.9 Å². The fourth-order valence-corrected chi connectivity index (χ4v) is 4.57. The maximum atomic E-state index is 12.9. The van der Waals surface area contributed by atoms with Crippen LogP contribution in [-0.2, 0) is 10.2 Å². The number of hydrogen-bond donors (Lipinski definition) is 1. The van der Waals surface area contributed by atoms with Crippen LogP contribution in [0, 0.1) is 0 Å². The fraction of sp³-hybridized carbons (Fsp3) is 0.435. The first-order valence-corrected chi connectivity index (χ1v) is 9.57. The Kier molecular flexibility index (Phi) is 6.54. The molecule has 0 spiro atoms. The summed E-state index contributed by atoms with van der Waals surface area (Å²) in [4.78, 5) is 12.9. The van der Waals surface area contributed by atoms with E-state index in [0.717, 1.165) is 35.1 Å². The normalized spacial score (nSPS) is 21.4. The number of quaternary nitrogens is 1. The molecule has 1 fully saturated rings. The Bertz CT molecular complexity index is 721. The second kappa shape index (κ2) is 8.15. The van der Waals surface area contributed by atoms with Crippen molar-refractivity contribution in [1.82, 2.24) is 0 Å². The van der Waals surface area contributed by atoms with Crippen LogP contribution in [0.4, 0.5) is 0 Å². The molecule has 1 atom stereocenters. The molecule has 1 saturated heterocycles. The van der Waals surface area contributed by atoms with Gasteiger partial charge in [0.15, 0.2) is 0 Å². The standard InChI is InChI=1S/C23H30N2O.BrH/c1-22(2)15-10-17-25(22,3)18-16-23(21(24)26,19-11-6-4-7-12-19)20-13-8-5-9-14-20;/h4-9,11-14H,10,15-18H2,1-3H3,(H-,24,26);1H. The lowest BCUT2D eigenvalue weighted by molar-refractivity contribution is -0.943. The predicted octanol–water partition coefficient (Wildman–Crippen LogP) is 0.871. The molecule has 0 saturated carbocycles. The van der Waals surface area contributed by atoms with Crippen molar-refractivity contribution in [3.8, 4) is 0 Å². The summed E-state index contributed by atoms with van der Waals surface area (Å²) in [6, 6.07) is 20.1. The van der Waals surface area contributed by atoms with Crippen molar-refractivity contribution in [3.63, 3.8) is 0 Å². The van der Waals surface area contributed by atoms with E-state index in [4.69, 9.17) is 5.73 Å². The highest BCUT2D eigenvalue weighted by Gasteiger charge is 2.48. The monoisotopic (exact) mass is 430 g/mol. The zero-order chi connectivity index (χ0) is 18.8. The van der Waals surface area contributed by atoms with Gasteiger partial charge in [-0.05, 0) is 25.0 Å². The molecular formula is C23H31BrN2O. The highest BCUT2D eigenvalue weighted by molar-refractivity contribution is 5.90. The lowest BCUT2D eigenvalue weighted by Gasteiger charge is -2.44. The van der Waals surface area contributed by atoms with Gasteiger partial charge in [0.05, 0.1) is 25.7 Å². The van der Waals surface area contributed by atoms with Crippen LogP contribution in [0.1, 0.15) is 44.2 Å². The minimum absolute atomic E-state index is 0. The third kappa shape index (κ3) is 3.83. The van der Waals surface area contributed by atoms with Gasteiger partial charge in [0, 0.05) is 19.3 Å². The van der Waals surface area contributed by atoms with Crippen LogP contribution in [0.5, 0.6) is 0 Å². The number of nitrogens with zero attached hydrogens (tertiary/aromatic N) is 1. The van der Waals surface area contributed by atoms with Crippen molar-refractivity contribution in [2.45, 2.75) is 44.1 Å². The molecule has 2 N–H and O–H groups in total. The smallest absolute Gasteiger partial charge is 0.232 e. The molecule has 0 aromatic heterocycles. The quantitative estimate of drug-likeness (QED) is 0.678. The molecule has 1 unspecified atom stereocenters. The number of halogens is 1. The number of likely N-dealkylation sites (tertiary alicyclic amines) is 1. The second-order valence-corrected chi connectivity index (χ2v) is 8.51. The number of nitrogens with two attached hydrogens (primary N) is 1. The maximum absolute atomic E-state index is 12.9. The van der Waals surface area contributed by atoms with Crippen molar-refractivity contribution in [2.75, 3.05) is 20.1 Å². The Morgan fingerprint density at radius 3 is 1.89 bits per heavy atom. The third-order valence-corrected chi connectivity index (χ3v) is 6.84. The molecule has 1 amide bonds. The van der Waals surface area contributed by atoms with Crippen molar-refractivity contribution in [1.29, 1.82) is 0 Å². The van der Waals surface area contributed by atoms with Gasteiger partial charge < -0.3 is 27.2 Å².